The summed E-state index contributed by atoms with van der Waals surface area (Å²) in [5, 5.41) is 11.5. The number of carboxylic acids is 1. The predicted octanol–water partition coefficient (Wildman–Crippen LogP) is 3.11. The smallest absolute Gasteiger partial charge is 0.303 e. The number of carbonyl (C=O) groups excluding carboxylic acids is 1. The molecular formula is C15H27NO3. The van der Waals surface area contributed by atoms with Crippen LogP contribution in [0, 0.1) is 5.92 Å². The number of hydrogen-bond acceptors (Lipinski definition) is 2. The van der Waals surface area contributed by atoms with Gasteiger partial charge in [-0.15, -0.1) is 0 Å². The molecule has 110 valence electrons. The van der Waals surface area contributed by atoms with E-state index in [4.69, 9.17) is 5.11 Å². The molecule has 19 heavy (non-hydrogen) atoms. The highest BCUT2D eigenvalue weighted by atomic mass is 16.4. The summed E-state index contributed by atoms with van der Waals surface area (Å²) in [5.41, 5.74) is 0. The highest BCUT2D eigenvalue weighted by Crippen LogP contribution is 2.25. The van der Waals surface area contributed by atoms with Gasteiger partial charge >= 0.3 is 5.97 Å². The number of hydrogen-bond donors (Lipinski definition) is 2. The Morgan fingerprint density at radius 1 is 1.00 bits per heavy atom. The van der Waals surface area contributed by atoms with E-state index in [0.29, 0.717) is 12.3 Å². The van der Waals surface area contributed by atoms with E-state index in [9.17, 15) is 9.59 Å². The van der Waals surface area contributed by atoms with Crippen molar-refractivity contribution >= 4 is 11.9 Å². The molecule has 0 bridgehead atoms. The van der Waals surface area contributed by atoms with Crippen molar-refractivity contribution in [3.05, 3.63) is 0 Å². The summed E-state index contributed by atoms with van der Waals surface area (Å²) < 4.78 is 0. The summed E-state index contributed by atoms with van der Waals surface area (Å²) in [4.78, 5) is 22.0. The van der Waals surface area contributed by atoms with Gasteiger partial charge in [-0.3, -0.25) is 9.59 Å². The van der Waals surface area contributed by atoms with Crippen LogP contribution in [0.5, 0.6) is 0 Å². The summed E-state index contributed by atoms with van der Waals surface area (Å²) in [6.45, 7) is 0.735. The van der Waals surface area contributed by atoms with Crippen molar-refractivity contribution in [3.63, 3.8) is 0 Å². The van der Waals surface area contributed by atoms with Crippen molar-refractivity contribution in [3.8, 4) is 0 Å². The van der Waals surface area contributed by atoms with Crippen molar-refractivity contribution in [1.29, 1.82) is 0 Å². The molecule has 4 nitrogen and oxygen atoms in total. The zero-order valence-electron chi connectivity index (χ0n) is 11.8. The molecule has 0 radical (unpaired) electrons. The van der Waals surface area contributed by atoms with Crippen LogP contribution in [-0.4, -0.2) is 23.5 Å². The summed E-state index contributed by atoms with van der Waals surface area (Å²) in [7, 11) is 0. The molecule has 0 aromatic carbocycles. The molecule has 0 aromatic rings. The molecule has 0 unspecified atom stereocenters. The van der Waals surface area contributed by atoms with Gasteiger partial charge in [-0.2, -0.15) is 0 Å². The molecular weight excluding hydrogens is 242 g/mol. The molecule has 0 saturated heterocycles. The van der Waals surface area contributed by atoms with E-state index in [-0.39, 0.29) is 12.3 Å². The first-order chi connectivity index (χ1) is 9.18. The van der Waals surface area contributed by atoms with Crippen LogP contribution in [0.3, 0.4) is 0 Å². The van der Waals surface area contributed by atoms with Gasteiger partial charge in [0.2, 0.25) is 5.91 Å². The first kappa shape index (κ1) is 16.0. The molecule has 4 heteroatoms. The molecule has 2 N–H and O–H groups in total. The van der Waals surface area contributed by atoms with Crippen molar-refractivity contribution in [2.24, 2.45) is 5.92 Å². The van der Waals surface area contributed by atoms with E-state index in [2.05, 4.69) is 5.32 Å². The summed E-state index contributed by atoms with van der Waals surface area (Å²) >= 11 is 0. The minimum atomic E-state index is -0.721. The average Bonchev–Trinajstić information content (AvgIpc) is 2.38. The van der Waals surface area contributed by atoms with E-state index in [1.807, 2.05) is 0 Å². The van der Waals surface area contributed by atoms with Gasteiger partial charge in [-0.05, 0) is 31.6 Å². The third kappa shape index (κ3) is 8.62. The van der Waals surface area contributed by atoms with Gasteiger partial charge in [0.05, 0.1) is 0 Å². The molecule has 1 saturated carbocycles. The minimum absolute atomic E-state index is 0.192. The molecule has 1 aliphatic carbocycles. The Kier molecular flexibility index (Phi) is 8.26. The average molecular weight is 269 g/mol. The predicted molar refractivity (Wildman–Crippen MR) is 74.9 cm³/mol. The normalized spacial score (nSPS) is 16.2. The van der Waals surface area contributed by atoms with Gasteiger partial charge in [0.15, 0.2) is 0 Å². The third-order valence-corrected chi connectivity index (χ3v) is 3.84. The highest BCUT2D eigenvalue weighted by molar-refractivity contribution is 5.76. The molecule has 0 atom stereocenters. The summed E-state index contributed by atoms with van der Waals surface area (Å²) in [5.74, 6) is 0.0718. The molecule has 0 aliphatic heterocycles. The Labute approximate surface area is 116 Å². The number of carboxylic acid groups (broad SMARTS) is 1. The zero-order chi connectivity index (χ0) is 13.9. The number of unbranched alkanes of at least 4 members (excludes halogenated alkanes) is 3. The van der Waals surface area contributed by atoms with Crippen molar-refractivity contribution in [1.82, 2.24) is 5.32 Å². The largest absolute Gasteiger partial charge is 0.481 e. The minimum Gasteiger partial charge on any atom is -0.481 e. The van der Waals surface area contributed by atoms with Crippen LogP contribution in [0.1, 0.15) is 70.6 Å². The number of amides is 1. The monoisotopic (exact) mass is 269 g/mol. The number of aliphatic carboxylic acids is 1. The number of carbonyl (C=O) groups is 2. The van der Waals surface area contributed by atoms with Gasteiger partial charge in [-0.1, -0.05) is 32.1 Å². The first-order valence-electron chi connectivity index (χ1n) is 7.67. The van der Waals surface area contributed by atoms with Gasteiger partial charge in [-0.25, -0.2) is 0 Å². The Morgan fingerprint density at radius 3 is 2.37 bits per heavy atom. The summed E-state index contributed by atoms with van der Waals surface area (Å²) in [6.07, 6.45) is 10.9. The molecule has 0 aromatic heterocycles. The van der Waals surface area contributed by atoms with E-state index in [1.54, 1.807) is 0 Å². The Balaban J connectivity index is 1.90. The van der Waals surface area contributed by atoms with Gasteiger partial charge in [0.1, 0.15) is 0 Å². The van der Waals surface area contributed by atoms with E-state index in [1.165, 1.54) is 32.1 Å². The lowest BCUT2D eigenvalue weighted by Crippen LogP contribution is -2.27. The maximum atomic E-state index is 11.7. The van der Waals surface area contributed by atoms with Crippen LogP contribution in [0.25, 0.3) is 0 Å². The number of rotatable bonds is 9. The standard InChI is InChI=1S/C15H27NO3/c17-14(12-13-8-4-3-5-9-13)16-11-7-2-1-6-10-15(18)19/h13H,1-12H2,(H,16,17)(H,18,19). The first-order valence-corrected chi connectivity index (χ1v) is 7.67. The maximum absolute atomic E-state index is 11.7. The quantitative estimate of drug-likeness (QED) is 0.632. The second-order valence-electron chi connectivity index (χ2n) is 5.62. The van der Waals surface area contributed by atoms with Gasteiger partial charge in [0.25, 0.3) is 0 Å². The van der Waals surface area contributed by atoms with Crippen LogP contribution >= 0.6 is 0 Å². The third-order valence-electron chi connectivity index (χ3n) is 3.84. The van der Waals surface area contributed by atoms with E-state index < -0.39 is 5.97 Å². The maximum Gasteiger partial charge on any atom is 0.303 e. The topological polar surface area (TPSA) is 66.4 Å². The van der Waals surface area contributed by atoms with Crippen LogP contribution < -0.4 is 5.32 Å². The molecule has 1 rings (SSSR count). The Morgan fingerprint density at radius 2 is 1.68 bits per heavy atom. The van der Waals surface area contributed by atoms with Crippen LogP contribution in [0.4, 0.5) is 0 Å². The van der Waals surface area contributed by atoms with Crippen LogP contribution in [-0.2, 0) is 9.59 Å². The SMILES string of the molecule is O=C(O)CCCCCCNC(=O)CC1CCCCC1. The molecule has 1 amide bonds. The fourth-order valence-corrected chi connectivity index (χ4v) is 2.71. The van der Waals surface area contributed by atoms with E-state index in [0.717, 1.165) is 32.2 Å². The second-order valence-corrected chi connectivity index (χ2v) is 5.62. The Bertz CT molecular complexity index is 273. The second kappa shape index (κ2) is 9.82. The molecule has 1 aliphatic rings. The van der Waals surface area contributed by atoms with Gasteiger partial charge in [0, 0.05) is 19.4 Å². The molecule has 1 fully saturated rings. The molecule has 0 spiro atoms. The van der Waals surface area contributed by atoms with Crippen LogP contribution in [0.2, 0.25) is 0 Å². The fourth-order valence-electron chi connectivity index (χ4n) is 2.71. The van der Waals surface area contributed by atoms with Crippen molar-refractivity contribution in [2.45, 2.75) is 70.6 Å². The van der Waals surface area contributed by atoms with Crippen molar-refractivity contribution in [2.75, 3.05) is 6.54 Å². The lowest BCUT2D eigenvalue weighted by atomic mass is 9.87. The van der Waals surface area contributed by atoms with Gasteiger partial charge < -0.3 is 10.4 Å². The Hall–Kier alpha value is -1.06. The zero-order valence-corrected chi connectivity index (χ0v) is 11.8. The highest BCUT2D eigenvalue weighted by Gasteiger charge is 2.16. The lowest BCUT2D eigenvalue weighted by molar-refractivity contribution is -0.137. The van der Waals surface area contributed by atoms with E-state index >= 15 is 0 Å². The number of nitrogens with one attached hydrogen (secondary N) is 1. The molecule has 0 heterocycles. The lowest BCUT2D eigenvalue weighted by Gasteiger charge is -2.20. The van der Waals surface area contributed by atoms with Crippen molar-refractivity contribution < 1.29 is 14.7 Å². The fraction of sp³-hybridized carbons (Fsp3) is 0.867. The van der Waals surface area contributed by atoms with Crippen LogP contribution in [0.15, 0.2) is 0 Å². The summed E-state index contributed by atoms with van der Waals surface area (Å²) in [6, 6.07) is 0.